The Morgan fingerprint density at radius 2 is 1.93 bits per heavy atom. The summed E-state index contributed by atoms with van der Waals surface area (Å²) in [6.07, 6.45) is 8.09. The fourth-order valence-corrected chi connectivity index (χ4v) is 3.70. The van der Waals surface area contributed by atoms with E-state index in [0.717, 1.165) is 62.2 Å². The van der Waals surface area contributed by atoms with Gasteiger partial charge in [0, 0.05) is 62.4 Å². The van der Waals surface area contributed by atoms with Gasteiger partial charge in [0.25, 0.3) is 0 Å². The number of rotatable bonds is 7. The van der Waals surface area contributed by atoms with E-state index < -0.39 is 0 Å². The second kappa shape index (κ2) is 9.00. The van der Waals surface area contributed by atoms with E-state index in [9.17, 15) is 0 Å². The molecule has 0 aliphatic carbocycles. The van der Waals surface area contributed by atoms with Crippen molar-refractivity contribution in [3.63, 3.8) is 0 Å². The number of piperazine rings is 1. The first kappa shape index (κ1) is 19.3. The molecule has 0 radical (unpaired) electrons. The van der Waals surface area contributed by atoms with Crippen molar-refractivity contribution in [3.8, 4) is 0 Å². The molecule has 1 aliphatic heterocycles. The third kappa shape index (κ3) is 4.71. The van der Waals surface area contributed by atoms with Crippen LogP contribution in [0.4, 0.5) is 23.0 Å². The first-order valence-electron chi connectivity index (χ1n) is 9.76. The van der Waals surface area contributed by atoms with Crippen molar-refractivity contribution < 1.29 is 0 Å². The van der Waals surface area contributed by atoms with Gasteiger partial charge in [-0.1, -0.05) is 17.7 Å². The summed E-state index contributed by atoms with van der Waals surface area (Å²) in [4.78, 5) is 17.4. The lowest BCUT2D eigenvalue weighted by molar-refractivity contribution is 0.647. The lowest BCUT2D eigenvalue weighted by atomic mass is 10.2. The highest BCUT2D eigenvalue weighted by atomic mass is 35.5. The highest BCUT2D eigenvalue weighted by Crippen LogP contribution is 2.28. The number of benzene rings is 1. The number of nitrogen functional groups attached to an aromatic ring is 1. The molecule has 0 amide bonds. The Labute approximate surface area is 175 Å². The Morgan fingerprint density at radius 1 is 1.10 bits per heavy atom. The number of halogens is 1. The van der Waals surface area contributed by atoms with Gasteiger partial charge in [-0.15, -0.1) is 0 Å². The van der Waals surface area contributed by atoms with Crippen LogP contribution in [-0.4, -0.2) is 52.2 Å². The summed E-state index contributed by atoms with van der Waals surface area (Å²) in [6.45, 7) is 5.13. The van der Waals surface area contributed by atoms with E-state index in [0.29, 0.717) is 11.5 Å². The van der Waals surface area contributed by atoms with E-state index in [-0.39, 0.29) is 0 Å². The first-order chi connectivity index (χ1) is 14.2. The number of aryl methyl sites for hydroxylation is 1. The van der Waals surface area contributed by atoms with E-state index in [1.165, 1.54) is 0 Å². The van der Waals surface area contributed by atoms with E-state index >= 15 is 0 Å². The first-order valence-corrected chi connectivity index (χ1v) is 10.1. The van der Waals surface area contributed by atoms with Gasteiger partial charge in [0.1, 0.15) is 12.0 Å². The third-order valence-electron chi connectivity index (χ3n) is 5.06. The molecule has 152 valence electrons. The molecule has 1 aliphatic rings. The molecule has 8 nitrogen and oxygen atoms in total. The molecule has 1 fully saturated rings. The Kier molecular flexibility index (Phi) is 6.00. The minimum Gasteiger partial charge on any atom is -0.393 e. The highest BCUT2D eigenvalue weighted by Gasteiger charge is 2.21. The molecule has 3 N–H and O–H groups in total. The number of imidazole rings is 1. The maximum Gasteiger partial charge on any atom is 0.157 e. The van der Waals surface area contributed by atoms with Gasteiger partial charge >= 0.3 is 0 Å². The van der Waals surface area contributed by atoms with Crippen LogP contribution in [0.3, 0.4) is 0 Å². The number of hydrogen-bond donors (Lipinski definition) is 2. The number of nitrogens with one attached hydrogen (secondary N) is 1. The molecular weight excluding hydrogens is 388 g/mol. The Balaban J connectivity index is 1.33. The molecule has 1 saturated heterocycles. The van der Waals surface area contributed by atoms with Gasteiger partial charge in [-0.3, -0.25) is 0 Å². The summed E-state index contributed by atoms with van der Waals surface area (Å²) in [7, 11) is 0. The van der Waals surface area contributed by atoms with E-state index in [1.54, 1.807) is 12.5 Å². The van der Waals surface area contributed by atoms with Crippen molar-refractivity contribution >= 4 is 34.6 Å². The predicted octanol–water partition coefficient (Wildman–Crippen LogP) is 2.74. The molecule has 2 aromatic heterocycles. The molecular formula is C20H25ClN8. The van der Waals surface area contributed by atoms with Crippen molar-refractivity contribution in [2.24, 2.45) is 0 Å². The maximum atomic E-state index is 6.38. The van der Waals surface area contributed by atoms with Crippen molar-refractivity contribution in [1.29, 1.82) is 0 Å². The second-order valence-electron chi connectivity index (χ2n) is 6.99. The quantitative estimate of drug-likeness (QED) is 0.577. The summed E-state index contributed by atoms with van der Waals surface area (Å²) in [5, 5.41) is 4.09. The number of nitrogens with zero attached hydrogens (tertiary/aromatic N) is 6. The van der Waals surface area contributed by atoms with Crippen LogP contribution in [0, 0.1) is 0 Å². The number of aromatic nitrogens is 4. The van der Waals surface area contributed by atoms with Gasteiger partial charge in [0.2, 0.25) is 0 Å². The number of anilines is 4. The zero-order chi connectivity index (χ0) is 20.1. The smallest absolute Gasteiger partial charge is 0.157 e. The summed E-state index contributed by atoms with van der Waals surface area (Å²) in [5.41, 5.74) is 8.13. The SMILES string of the molecule is Nc1c(NCCCn2ccnc2)ncnc1N1CCN(c2cccc(Cl)c2)CC1. The average molecular weight is 413 g/mol. The third-order valence-corrected chi connectivity index (χ3v) is 5.30. The summed E-state index contributed by atoms with van der Waals surface area (Å²) < 4.78 is 2.05. The molecule has 0 bridgehead atoms. The fraction of sp³-hybridized carbons (Fsp3) is 0.350. The zero-order valence-corrected chi connectivity index (χ0v) is 17.0. The molecule has 4 rings (SSSR count). The molecule has 0 spiro atoms. The van der Waals surface area contributed by atoms with Gasteiger partial charge in [0.15, 0.2) is 11.6 Å². The topological polar surface area (TPSA) is 88.1 Å². The summed E-state index contributed by atoms with van der Waals surface area (Å²) in [6, 6.07) is 7.97. The lowest BCUT2D eigenvalue weighted by Gasteiger charge is -2.37. The number of hydrogen-bond acceptors (Lipinski definition) is 7. The van der Waals surface area contributed by atoms with Crippen LogP contribution in [0.25, 0.3) is 0 Å². The summed E-state index contributed by atoms with van der Waals surface area (Å²) >= 11 is 6.13. The predicted molar refractivity (Wildman–Crippen MR) is 118 cm³/mol. The Bertz CT molecular complexity index is 922. The highest BCUT2D eigenvalue weighted by molar-refractivity contribution is 6.30. The monoisotopic (exact) mass is 412 g/mol. The van der Waals surface area contributed by atoms with Gasteiger partial charge in [-0.25, -0.2) is 15.0 Å². The molecule has 29 heavy (non-hydrogen) atoms. The largest absolute Gasteiger partial charge is 0.393 e. The number of nitrogens with two attached hydrogens (primary N) is 1. The lowest BCUT2D eigenvalue weighted by Crippen LogP contribution is -2.47. The van der Waals surface area contributed by atoms with E-state index in [1.807, 2.05) is 30.7 Å². The summed E-state index contributed by atoms with van der Waals surface area (Å²) in [5.74, 6) is 1.49. The van der Waals surface area contributed by atoms with Crippen molar-refractivity contribution in [1.82, 2.24) is 19.5 Å². The van der Waals surface area contributed by atoms with E-state index in [2.05, 4.69) is 40.7 Å². The molecule has 0 unspecified atom stereocenters. The normalized spacial score (nSPS) is 14.2. The van der Waals surface area contributed by atoms with E-state index in [4.69, 9.17) is 17.3 Å². The van der Waals surface area contributed by atoms with Crippen molar-refractivity contribution in [3.05, 3.63) is 54.3 Å². The zero-order valence-electron chi connectivity index (χ0n) is 16.2. The molecule has 9 heteroatoms. The molecule has 0 saturated carbocycles. The molecule has 0 atom stereocenters. The minimum absolute atomic E-state index is 0.603. The standard InChI is InChI=1S/C20H25ClN8/c21-16-3-1-4-17(13-16)28-9-11-29(12-10-28)20-18(22)19(25-14-26-20)24-5-2-7-27-8-6-23-15-27/h1,3-4,6,8,13-15H,2,5,7,9-12,22H2,(H,24,25,26). The van der Waals surface area contributed by atoms with Gasteiger partial charge in [-0.2, -0.15) is 0 Å². The minimum atomic E-state index is 0.603. The molecule has 3 heterocycles. The second-order valence-corrected chi connectivity index (χ2v) is 7.43. The Morgan fingerprint density at radius 3 is 2.69 bits per heavy atom. The van der Waals surface area contributed by atoms with Crippen LogP contribution in [-0.2, 0) is 6.54 Å². The fourth-order valence-electron chi connectivity index (χ4n) is 3.52. The van der Waals surface area contributed by atoms with Crippen LogP contribution < -0.4 is 20.9 Å². The van der Waals surface area contributed by atoms with Gasteiger partial charge in [-0.05, 0) is 24.6 Å². The molecule has 1 aromatic carbocycles. The maximum absolute atomic E-state index is 6.38. The van der Waals surface area contributed by atoms with Crippen LogP contribution in [0.2, 0.25) is 5.02 Å². The van der Waals surface area contributed by atoms with Gasteiger partial charge in [0.05, 0.1) is 6.33 Å². The van der Waals surface area contributed by atoms with Gasteiger partial charge < -0.3 is 25.4 Å². The van der Waals surface area contributed by atoms with Crippen LogP contribution in [0.15, 0.2) is 49.3 Å². The molecule has 3 aromatic rings. The average Bonchev–Trinajstić information content (AvgIpc) is 3.26. The van der Waals surface area contributed by atoms with Crippen LogP contribution >= 0.6 is 11.6 Å². The van der Waals surface area contributed by atoms with Crippen molar-refractivity contribution in [2.75, 3.05) is 53.6 Å². The van der Waals surface area contributed by atoms with Crippen LogP contribution in [0.5, 0.6) is 0 Å². The Hall–Kier alpha value is -3.00. The van der Waals surface area contributed by atoms with Crippen LogP contribution in [0.1, 0.15) is 6.42 Å². The van der Waals surface area contributed by atoms with Crippen molar-refractivity contribution in [2.45, 2.75) is 13.0 Å².